The van der Waals surface area contributed by atoms with Gasteiger partial charge in [0.15, 0.2) is 5.79 Å². The van der Waals surface area contributed by atoms with Crippen LogP contribution in [-0.4, -0.2) is 73.5 Å². The minimum Gasteiger partial charge on any atom is -0.326 e. The maximum absolute atomic E-state index is 7.39. The molecule has 9 heteroatoms. The molecule has 0 aromatic carbocycles. The van der Waals surface area contributed by atoms with Gasteiger partial charge in [-0.3, -0.25) is 21.3 Å². The van der Waals surface area contributed by atoms with Crippen LogP contribution in [0, 0.1) is 29.1 Å². The molecule has 0 heterocycles. The van der Waals surface area contributed by atoms with Crippen molar-refractivity contribution in [3.63, 3.8) is 0 Å². The summed E-state index contributed by atoms with van der Waals surface area (Å²) < 4.78 is 0. The summed E-state index contributed by atoms with van der Waals surface area (Å²) in [6.45, 7) is 42.3. The first-order chi connectivity index (χ1) is 24.8. The highest BCUT2D eigenvalue weighted by Crippen LogP contribution is 2.36. The van der Waals surface area contributed by atoms with E-state index in [2.05, 4.69) is 153 Å². The van der Waals surface area contributed by atoms with Crippen LogP contribution in [0.25, 0.3) is 0 Å². The van der Waals surface area contributed by atoms with Crippen LogP contribution < -0.4 is 43.2 Å². The predicted molar refractivity (Wildman–Crippen MR) is 236 cm³/mol. The Labute approximate surface area is 332 Å². The van der Waals surface area contributed by atoms with Crippen LogP contribution in [0.1, 0.15) is 188 Å². The lowest BCUT2D eigenvalue weighted by molar-refractivity contribution is -0.170. The van der Waals surface area contributed by atoms with Crippen LogP contribution in [0.4, 0.5) is 0 Å². The van der Waals surface area contributed by atoms with Crippen LogP contribution in [0.15, 0.2) is 0 Å². The Kier molecular flexibility index (Phi) is 27.1. The molecule has 9 N–H and O–H groups in total. The molecule has 320 valence electrons. The van der Waals surface area contributed by atoms with Gasteiger partial charge in [0, 0.05) is 31.7 Å². The molecule has 0 fully saturated rings. The fraction of sp³-hybridized carbons (Fsp3) is 1.00. The van der Waals surface area contributed by atoms with Crippen LogP contribution in [0.2, 0.25) is 0 Å². The quantitative estimate of drug-likeness (QED) is 0.0186. The molecule has 0 amide bonds. The highest BCUT2D eigenvalue weighted by Gasteiger charge is 2.66. The molecule has 0 aromatic heterocycles. The molecule has 0 bridgehead atoms. The van der Waals surface area contributed by atoms with Crippen LogP contribution >= 0.6 is 0 Å². The Balaban J connectivity index is 8.37. The van der Waals surface area contributed by atoms with Crippen molar-refractivity contribution in [1.82, 2.24) is 42.6 Å². The average Bonchev–Trinajstić information content (AvgIpc) is 3.08. The summed E-state index contributed by atoms with van der Waals surface area (Å²) in [5, 5.41) is 24.0. The molecular formula is C44H99N9. The van der Waals surface area contributed by atoms with E-state index in [0.717, 1.165) is 84.2 Å². The summed E-state index contributed by atoms with van der Waals surface area (Å²) >= 11 is 0. The summed E-state index contributed by atoms with van der Waals surface area (Å²) in [6, 6.07) is 0.0461. The van der Waals surface area contributed by atoms with Gasteiger partial charge in [-0.25, -0.2) is 10.9 Å². The second kappa shape index (κ2) is 27.3. The molecule has 0 rings (SSSR count). The van der Waals surface area contributed by atoms with Gasteiger partial charge in [0.05, 0.1) is 5.54 Å². The minimum absolute atomic E-state index is 0.0159. The fourth-order valence-electron chi connectivity index (χ4n) is 7.09. The molecular weight excluding hydrogens is 655 g/mol. The smallest absolute Gasteiger partial charge is 0.187 e. The number of hydrogen-bond acceptors (Lipinski definition) is 9. The number of nitrogens with two attached hydrogens (primary N) is 1. The van der Waals surface area contributed by atoms with Crippen molar-refractivity contribution in [2.24, 2.45) is 34.8 Å². The van der Waals surface area contributed by atoms with Crippen molar-refractivity contribution in [2.75, 3.05) is 39.3 Å². The van der Waals surface area contributed by atoms with E-state index in [-0.39, 0.29) is 17.5 Å². The third-order valence-electron chi connectivity index (χ3n) is 11.3. The van der Waals surface area contributed by atoms with Crippen molar-refractivity contribution >= 4 is 0 Å². The van der Waals surface area contributed by atoms with E-state index in [4.69, 9.17) is 5.73 Å². The largest absolute Gasteiger partial charge is 0.326 e. The molecule has 5 unspecified atom stereocenters. The van der Waals surface area contributed by atoms with E-state index in [1.165, 1.54) is 32.1 Å². The highest BCUT2D eigenvalue weighted by molar-refractivity contribution is 5.22. The summed E-state index contributed by atoms with van der Waals surface area (Å²) in [7, 11) is 0. The zero-order valence-corrected chi connectivity index (χ0v) is 38.7. The van der Waals surface area contributed by atoms with Gasteiger partial charge in [-0.1, -0.05) is 123 Å². The first-order valence-corrected chi connectivity index (χ1v) is 22.6. The summed E-state index contributed by atoms with van der Waals surface area (Å²) in [5.41, 5.74) is 14.1. The van der Waals surface area contributed by atoms with Crippen molar-refractivity contribution in [2.45, 2.75) is 217 Å². The van der Waals surface area contributed by atoms with Crippen LogP contribution in [0.5, 0.6) is 0 Å². The topological polar surface area (TPSA) is 113 Å². The van der Waals surface area contributed by atoms with Gasteiger partial charge >= 0.3 is 0 Å². The van der Waals surface area contributed by atoms with E-state index in [0.29, 0.717) is 23.7 Å². The maximum Gasteiger partial charge on any atom is 0.187 e. The lowest BCUT2D eigenvalue weighted by atomic mass is 9.72. The Morgan fingerprint density at radius 2 is 1.11 bits per heavy atom. The standard InChI is InChI=1S/C44H99N9/c1-17-21-22-23-29-47-44(52-40(19-3)20-4,53(50-30-24-26-35(5)6)51-31-25-27-36(7)8)43(48-33-38(11)18-2,49-34-41(13,14)15)42(16,39(12)45)46-32-28-37(9)10/h35-40,46-52H,17-34,45H2,1-16H3. The van der Waals surface area contributed by atoms with E-state index in [1.807, 2.05) is 0 Å². The summed E-state index contributed by atoms with van der Waals surface area (Å²) in [5.74, 6) is 1.50. The van der Waals surface area contributed by atoms with Gasteiger partial charge in [0.2, 0.25) is 0 Å². The molecule has 0 saturated carbocycles. The molecule has 0 aromatic rings. The van der Waals surface area contributed by atoms with Gasteiger partial charge in [0.1, 0.15) is 5.66 Å². The molecule has 0 aliphatic carbocycles. The monoisotopic (exact) mass is 754 g/mol. The van der Waals surface area contributed by atoms with Gasteiger partial charge < -0.3 is 11.1 Å². The SMILES string of the molecule is CCCCCCNC(NC(CC)CC)(N(NCCCC(C)C)NCCCC(C)C)C(NCC(C)CC)(NCC(C)(C)C)C(C)(NCCC(C)C)C(C)N. The second-order valence-electron chi connectivity index (χ2n) is 19.2. The van der Waals surface area contributed by atoms with E-state index >= 15 is 0 Å². The van der Waals surface area contributed by atoms with Gasteiger partial charge in [0.25, 0.3) is 0 Å². The third kappa shape index (κ3) is 18.6. The zero-order chi connectivity index (χ0) is 40.7. The van der Waals surface area contributed by atoms with E-state index in [9.17, 15) is 0 Å². The Morgan fingerprint density at radius 3 is 1.55 bits per heavy atom. The first kappa shape index (κ1) is 52.6. The van der Waals surface area contributed by atoms with Crippen LogP contribution in [0.3, 0.4) is 0 Å². The Bertz CT molecular complexity index is 855. The van der Waals surface area contributed by atoms with E-state index in [1.54, 1.807) is 0 Å². The average molecular weight is 754 g/mol. The molecule has 0 radical (unpaired) electrons. The summed E-state index contributed by atoms with van der Waals surface area (Å²) in [4.78, 5) is 0. The lowest BCUT2D eigenvalue weighted by Crippen LogP contribution is -2.98. The predicted octanol–water partition coefficient (Wildman–Crippen LogP) is 8.48. The van der Waals surface area contributed by atoms with Gasteiger partial charge in [-0.15, -0.1) is 5.12 Å². The minimum atomic E-state index is -0.864. The van der Waals surface area contributed by atoms with Gasteiger partial charge in [-0.2, -0.15) is 0 Å². The van der Waals surface area contributed by atoms with Crippen LogP contribution in [-0.2, 0) is 0 Å². The first-order valence-electron chi connectivity index (χ1n) is 22.6. The molecule has 5 atom stereocenters. The van der Waals surface area contributed by atoms with Gasteiger partial charge in [-0.05, 0) is 114 Å². The molecule has 0 aliphatic heterocycles. The van der Waals surface area contributed by atoms with Crippen molar-refractivity contribution in [3.8, 4) is 0 Å². The Morgan fingerprint density at radius 1 is 0.566 bits per heavy atom. The summed E-state index contributed by atoms with van der Waals surface area (Å²) in [6.07, 6.45) is 13.5. The number of nitrogens with one attached hydrogen (secondary N) is 7. The molecule has 53 heavy (non-hydrogen) atoms. The lowest BCUT2D eigenvalue weighted by Gasteiger charge is -2.65. The van der Waals surface area contributed by atoms with E-state index < -0.39 is 17.0 Å². The van der Waals surface area contributed by atoms with Crippen molar-refractivity contribution < 1.29 is 0 Å². The normalized spacial score (nSPS) is 17.5. The molecule has 0 saturated heterocycles. The second-order valence-corrected chi connectivity index (χ2v) is 19.2. The number of hydrogen-bond donors (Lipinski definition) is 8. The molecule has 0 spiro atoms. The number of hydrazine groups is 2. The van der Waals surface area contributed by atoms with Crippen molar-refractivity contribution in [1.29, 1.82) is 0 Å². The fourth-order valence-corrected chi connectivity index (χ4v) is 7.09. The Hall–Kier alpha value is -0.360. The highest BCUT2D eigenvalue weighted by atomic mass is 15.8. The third-order valence-corrected chi connectivity index (χ3v) is 11.3. The number of rotatable bonds is 34. The van der Waals surface area contributed by atoms with Crippen molar-refractivity contribution in [3.05, 3.63) is 0 Å². The molecule has 9 nitrogen and oxygen atoms in total. The molecule has 0 aliphatic rings. The number of nitrogens with zero attached hydrogens (tertiary/aromatic N) is 1. The number of unbranched alkanes of at least 4 members (excludes halogenated alkanes) is 3. The maximum atomic E-state index is 7.39. The zero-order valence-electron chi connectivity index (χ0n) is 38.7.